The number of aldehydes is 1. The number of benzene rings is 1. The van der Waals surface area contributed by atoms with E-state index in [1.165, 1.54) is 5.56 Å². The first-order chi connectivity index (χ1) is 5.81. The molecule has 0 aliphatic rings. The maximum Gasteiger partial charge on any atom is 0.166 e. The van der Waals surface area contributed by atoms with Crippen LogP contribution >= 0.6 is 0 Å². The first-order valence-electron chi connectivity index (χ1n) is 3.85. The van der Waals surface area contributed by atoms with Crippen molar-refractivity contribution in [3.05, 3.63) is 35.5 Å². The van der Waals surface area contributed by atoms with Gasteiger partial charge in [-0.1, -0.05) is 18.2 Å². The molecule has 2 aromatic rings. The third-order valence-electron chi connectivity index (χ3n) is 2.01. The van der Waals surface area contributed by atoms with Crippen molar-refractivity contribution in [2.45, 2.75) is 6.92 Å². The Morgan fingerprint density at radius 3 is 2.92 bits per heavy atom. The zero-order valence-electron chi connectivity index (χ0n) is 6.79. The van der Waals surface area contributed by atoms with Crippen LogP contribution in [-0.4, -0.2) is 11.3 Å². The van der Waals surface area contributed by atoms with Crippen molar-refractivity contribution >= 4 is 17.2 Å². The second-order valence-electron chi connectivity index (χ2n) is 2.88. The number of aromatic amines is 1. The number of rotatable bonds is 1. The van der Waals surface area contributed by atoms with E-state index in [0.29, 0.717) is 5.69 Å². The van der Waals surface area contributed by atoms with Gasteiger partial charge in [0.2, 0.25) is 0 Å². The molecule has 0 saturated carbocycles. The number of hydrogen-bond donors (Lipinski definition) is 1. The minimum atomic E-state index is 0.638. The van der Waals surface area contributed by atoms with E-state index in [4.69, 9.17) is 0 Å². The summed E-state index contributed by atoms with van der Waals surface area (Å²) in [5.74, 6) is 0. The van der Waals surface area contributed by atoms with Crippen LogP contribution in [0.25, 0.3) is 10.9 Å². The quantitative estimate of drug-likeness (QED) is 0.636. The van der Waals surface area contributed by atoms with E-state index in [1.807, 2.05) is 31.2 Å². The molecule has 2 heteroatoms. The minimum Gasteiger partial charge on any atom is -0.352 e. The largest absolute Gasteiger partial charge is 0.352 e. The van der Waals surface area contributed by atoms with Gasteiger partial charge in [-0.25, -0.2) is 0 Å². The number of aromatic nitrogens is 1. The Morgan fingerprint density at radius 2 is 2.25 bits per heavy atom. The molecule has 2 nitrogen and oxygen atoms in total. The van der Waals surface area contributed by atoms with E-state index in [9.17, 15) is 4.79 Å². The van der Waals surface area contributed by atoms with Crippen molar-refractivity contribution in [1.82, 2.24) is 4.98 Å². The van der Waals surface area contributed by atoms with E-state index in [-0.39, 0.29) is 0 Å². The zero-order valence-corrected chi connectivity index (χ0v) is 6.79. The van der Waals surface area contributed by atoms with Crippen molar-refractivity contribution in [2.75, 3.05) is 0 Å². The molecule has 0 unspecified atom stereocenters. The number of fused-ring (bicyclic) bond motifs is 1. The molecule has 2 rings (SSSR count). The number of nitrogens with one attached hydrogen (secondary N) is 1. The van der Waals surface area contributed by atoms with Gasteiger partial charge in [-0.05, 0) is 18.6 Å². The summed E-state index contributed by atoms with van der Waals surface area (Å²) in [6.45, 7) is 2.02. The minimum absolute atomic E-state index is 0.638. The number of aryl methyl sites for hydroxylation is 1. The van der Waals surface area contributed by atoms with E-state index in [0.717, 1.165) is 17.2 Å². The molecule has 12 heavy (non-hydrogen) atoms. The smallest absolute Gasteiger partial charge is 0.166 e. The highest BCUT2D eigenvalue weighted by Gasteiger charge is 2.00. The fraction of sp³-hybridized carbons (Fsp3) is 0.100. The molecule has 0 amide bonds. The van der Waals surface area contributed by atoms with Gasteiger partial charge in [0, 0.05) is 10.9 Å². The average Bonchev–Trinajstić information content (AvgIpc) is 2.49. The Morgan fingerprint density at radius 1 is 1.42 bits per heavy atom. The van der Waals surface area contributed by atoms with Gasteiger partial charge in [0.15, 0.2) is 6.29 Å². The number of H-pyrrole nitrogens is 1. The van der Waals surface area contributed by atoms with Crippen LogP contribution in [0, 0.1) is 6.92 Å². The Bertz CT molecular complexity index is 428. The molecule has 0 bridgehead atoms. The molecule has 1 aromatic heterocycles. The second kappa shape index (κ2) is 2.48. The van der Waals surface area contributed by atoms with Gasteiger partial charge in [-0.3, -0.25) is 4.79 Å². The summed E-state index contributed by atoms with van der Waals surface area (Å²) in [6.07, 6.45) is 0.833. The summed E-state index contributed by atoms with van der Waals surface area (Å²) in [5.41, 5.74) is 2.86. The predicted octanol–water partition coefficient (Wildman–Crippen LogP) is 2.29. The lowest BCUT2D eigenvalue weighted by atomic mass is 10.2. The maximum absolute atomic E-state index is 10.5. The Kier molecular flexibility index (Phi) is 1.47. The third kappa shape index (κ3) is 0.925. The molecule has 0 fully saturated rings. The Hall–Kier alpha value is -1.57. The molecule has 1 aromatic carbocycles. The summed E-state index contributed by atoms with van der Waals surface area (Å²) in [4.78, 5) is 13.5. The van der Waals surface area contributed by atoms with Crippen molar-refractivity contribution < 1.29 is 4.79 Å². The summed E-state index contributed by atoms with van der Waals surface area (Å²) >= 11 is 0. The first-order valence-corrected chi connectivity index (χ1v) is 3.85. The standard InChI is InChI=1S/C10H9NO/c1-7-3-2-4-8-5-9(6-12)11-10(7)8/h2-6,11H,1H3. The molecule has 0 radical (unpaired) electrons. The predicted molar refractivity (Wildman–Crippen MR) is 48.4 cm³/mol. The maximum atomic E-state index is 10.5. The van der Waals surface area contributed by atoms with E-state index < -0.39 is 0 Å². The highest BCUT2D eigenvalue weighted by atomic mass is 16.1. The monoisotopic (exact) mass is 159 g/mol. The van der Waals surface area contributed by atoms with Gasteiger partial charge in [-0.2, -0.15) is 0 Å². The highest BCUT2D eigenvalue weighted by molar-refractivity contribution is 5.89. The third-order valence-corrected chi connectivity index (χ3v) is 2.01. The van der Waals surface area contributed by atoms with Crippen LogP contribution in [-0.2, 0) is 0 Å². The van der Waals surface area contributed by atoms with Gasteiger partial charge in [0.1, 0.15) is 0 Å². The summed E-state index contributed by atoms with van der Waals surface area (Å²) in [7, 11) is 0. The van der Waals surface area contributed by atoms with Gasteiger partial charge >= 0.3 is 0 Å². The highest BCUT2D eigenvalue weighted by Crippen LogP contribution is 2.17. The van der Waals surface area contributed by atoms with Gasteiger partial charge < -0.3 is 4.98 Å². The average molecular weight is 159 g/mol. The topological polar surface area (TPSA) is 32.9 Å². The van der Waals surface area contributed by atoms with E-state index >= 15 is 0 Å². The molecule has 0 aliphatic carbocycles. The van der Waals surface area contributed by atoms with Crippen molar-refractivity contribution in [3.63, 3.8) is 0 Å². The van der Waals surface area contributed by atoms with Gasteiger partial charge in [0.25, 0.3) is 0 Å². The van der Waals surface area contributed by atoms with E-state index in [1.54, 1.807) is 0 Å². The molecular formula is C10H9NO. The summed E-state index contributed by atoms with van der Waals surface area (Å²) in [5, 5.41) is 1.09. The normalized spacial score (nSPS) is 10.4. The van der Waals surface area contributed by atoms with Gasteiger partial charge in [0.05, 0.1) is 5.69 Å². The molecule has 0 spiro atoms. The van der Waals surface area contributed by atoms with Crippen LogP contribution in [0.3, 0.4) is 0 Å². The van der Waals surface area contributed by atoms with Crippen LogP contribution in [0.2, 0.25) is 0 Å². The van der Waals surface area contributed by atoms with Crippen LogP contribution in [0.15, 0.2) is 24.3 Å². The summed E-state index contributed by atoms with van der Waals surface area (Å²) in [6, 6.07) is 7.86. The fourth-order valence-electron chi connectivity index (χ4n) is 1.39. The first kappa shape index (κ1) is 7.10. The molecule has 1 N–H and O–H groups in total. The van der Waals surface area contributed by atoms with Crippen LogP contribution in [0.1, 0.15) is 16.1 Å². The molecule has 60 valence electrons. The zero-order chi connectivity index (χ0) is 8.55. The number of carbonyl (C=O) groups excluding carboxylic acids is 1. The van der Waals surface area contributed by atoms with E-state index in [2.05, 4.69) is 4.98 Å². The number of hydrogen-bond acceptors (Lipinski definition) is 1. The van der Waals surface area contributed by atoms with Crippen LogP contribution < -0.4 is 0 Å². The van der Waals surface area contributed by atoms with Crippen molar-refractivity contribution in [2.24, 2.45) is 0 Å². The van der Waals surface area contributed by atoms with Crippen LogP contribution in [0.4, 0.5) is 0 Å². The fourth-order valence-corrected chi connectivity index (χ4v) is 1.39. The van der Waals surface area contributed by atoms with Crippen molar-refractivity contribution in [3.8, 4) is 0 Å². The SMILES string of the molecule is Cc1cccc2cc(C=O)[nH]c12. The second-order valence-corrected chi connectivity index (χ2v) is 2.88. The molecule has 1 heterocycles. The van der Waals surface area contributed by atoms with Crippen molar-refractivity contribution in [1.29, 1.82) is 0 Å². The number of carbonyl (C=O) groups is 1. The summed E-state index contributed by atoms with van der Waals surface area (Å²) < 4.78 is 0. The lowest BCUT2D eigenvalue weighted by Gasteiger charge is -1.92. The molecule has 0 saturated heterocycles. The lowest BCUT2D eigenvalue weighted by Crippen LogP contribution is -1.77. The molecular weight excluding hydrogens is 150 g/mol. The number of para-hydroxylation sites is 1. The van der Waals surface area contributed by atoms with Crippen LogP contribution in [0.5, 0.6) is 0 Å². The lowest BCUT2D eigenvalue weighted by molar-refractivity contribution is 0.112. The van der Waals surface area contributed by atoms with Gasteiger partial charge in [-0.15, -0.1) is 0 Å². The Balaban J connectivity index is 2.82. The molecule has 0 aliphatic heterocycles. The molecule has 0 atom stereocenters. The Labute approximate surface area is 70.2 Å².